The lowest BCUT2D eigenvalue weighted by molar-refractivity contribution is 0.411. The van der Waals surface area contributed by atoms with Crippen LogP contribution in [-0.2, 0) is 5.41 Å². The summed E-state index contributed by atoms with van der Waals surface area (Å²) in [5, 5.41) is 1.18. The molecule has 4 rings (SSSR count). The van der Waals surface area contributed by atoms with E-state index in [9.17, 15) is 0 Å². The van der Waals surface area contributed by atoms with Gasteiger partial charge >= 0.3 is 0 Å². The number of aryl methyl sites for hydroxylation is 2. The average Bonchev–Trinajstić information content (AvgIpc) is 3.11. The van der Waals surface area contributed by atoms with Gasteiger partial charge in [0, 0.05) is 16.6 Å². The Morgan fingerprint density at radius 3 is 1.78 bits per heavy atom. The summed E-state index contributed by atoms with van der Waals surface area (Å²) in [7, 11) is -1.98. The molecular weight excluding hydrogens is 535 g/mol. The second kappa shape index (κ2) is 10.6. The molecule has 0 spiro atoms. The fourth-order valence-corrected chi connectivity index (χ4v) is 18.0. The predicted molar refractivity (Wildman–Crippen MR) is 184 cm³/mol. The van der Waals surface area contributed by atoms with E-state index in [2.05, 4.69) is 121 Å². The highest BCUT2D eigenvalue weighted by Crippen LogP contribution is 2.46. The first-order valence-corrected chi connectivity index (χ1v) is 18.7. The Bertz CT molecular complexity index is 1530. The molecule has 3 heterocycles. The van der Waals surface area contributed by atoms with E-state index in [1.165, 1.54) is 44.9 Å². The minimum absolute atomic E-state index is 0.0358. The quantitative estimate of drug-likeness (QED) is 0.218. The predicted octanol–water partition coefficient (Wildman–Crippen LogP) is 10.6. The molecule has 0 radical (unpaired) electrons. The monoisotopic (exact) mass is 587 g/mol. The van der Waals surface area contributed by atoms with Gasteiger partial charge in [0.05, 0.1) is 21.4 Å². The third-order valence-corrected chi connectivity index (χ3v) is 17.1. The summed E-state index contributed by atoms with van der Waals surface area (Å²) < 4.78 is 2.89. The molecule has 0 amide bonds. The molecule has 41 heavy (non-hydrogen) atoms. The minimum atomic E-state index is -1.98. The molecule has 0 N–H and O–H groups in total. The van der Waals surface area contributed by atoms with Crippen molar-refractivity contribution in [2.24, 2.45) is 16.2 Å². The van der Waals surface area contributed by atoms with Crippen LogP contribution in [0.25, 0.3) is 32.4 Å². The molecule has 0 saturated carbocycles. The second-order valence-electron chi connectivity index (χ2n) is 17.2. The summed E-state index contributed by atoms with van der Waals surface area (Å²) in [6.45, 7) is 33.2. The van der Waals surface area contributed by atoms with Crippen molar-refractivity contribution in [2.75, 3.05) is 0 Å². The van der Waals surface area contributed by atoms with E-state index in [-0.39, 0.29) is 21.7 Å². The van der Waals surface area contributed by atoms with Crippen LogP contribution in [0.2, 0.25) is 18.1 Å². The second-order valence-corrected chi connectivity index (χ2v) is 22.8. The number of thiophene rings is 1. The van der Waals surface area contributed by atoms with Crippen LogP contribution in [0.15, 0.2) is 30.6 Å². The number of benzene rings is 1. The molecule has 0 saturated heterocycles. The Morgan fingerprint density at radius 2 is 1.27 bits per heavy atom. The molecule has 5 heteroatoms. The van der Waals surface area contributed by atoms with Gasteiger partial charge in [-0.05, 0) is 87.5 Å². The highest BCUT2D eigenvalue weighted by atomic mass is 32.1. The van der Waals surface area contributed by atoms with Crippen LogP contribution >= 0.6 is 11.3 Å². The Balaban J connectivity index is 2.05. The molecule has 0 bridgehead atoms. The molecule has 0 fully saturated rings. The number of rotatable bonds is 5. The zero-order valence-corrected chi connectivity index (χ0v) is 30.1. The van der Waals surface area contributed by atoms with Gasteiger partial charge in [0.2, 0.25) is 0 Å². The summed E-state index contributed by atoms with van der Waals surface area (Å²) in [6.07, 6.45) is 1.79. The summed E-state index contributed by atoms with van der Waals surface area (Å²) in [4.78, 5) is 14.9. The normalized spacial score (nSPS) is 13.9. The molecule has 1 aromatic carbocycles. The Hall–Kier alpha value is -2.11. The summed E-state index contributed by atoms with van der Waals surface area (Å²) in [5.74, 6) is 0. The van der Waals surface area contributed by atoms with E-state index in [1.807, 2.05) is 11.3 Å². The molecule has 4 aromatic rings. The van der Waals surface area contributed by atoms with Crippen molar-refractivity contribution in [1.29, 1.82) is 0 Å². The van der Waals surface area contributed by atoms with Crippen LogP contribution in [-0.4, -0.2) is 23.0 Å². The third-order valence-electron chi connectivity index (χ3n) is 7.80. The maximum Gasteiger partial charge on any atom is 0.116 e. The molecule has 0 aliphatic rings. The lowest BCUT2D eigenvalue weighted by Crippen LogP contribution is -2.54. The molecule has 222 valence electrons. The van der Waals surface area contributed by atoms with Crippen molar-refractivity contribution in [3.05, 3.63) is 47.4 Å². The first kappa shape index (κ1) is 31.8. The van der Waals surface area contributed by atoms with E-state index in [0.29, 0.717) is 0 Å². The third kappa shape index (κ3) is 7.10. The Morgan fingerprint density at radius 1 is 0.707 bits per heavy atom. The van der Waals surface area contributed by atoms with E-state index in [0.717, 1.165) is 22.4 Å². The van der Waals surface area contributed by atoms with Crippen molar-refractivity contribution in [3.63, 3.8) is 0 Å². The number of fused-ring (bicyclic) bond motifs is 2. The maximum atomic E-state index is 4.98. The molecule has 3 aromatic heterocycles. The SMILES string of the molecule is Cc1ccc2cc(-c3ncnc4c(C)c([Si](CC(C)(C)C)(CC(C)(C)C)CC(C)(C)C)sc34)cc(C(C)(C)C)c2n1. The number of pyridine rings is 1. The number of hydrogen-bond acceptors (Lipinski definition) is 4. The Kier molecular flexibility index (Phi) is 8.19. The summed E-state index contributed by atoms with van der Waals surface area (Å²) in [5.41, 5.74) is 8.92. The molecule has 0 aliphatic carbocycles. The molecule has 0 aliphatic heterocycles. The Labute approximate surface area is 254 Å². The standard InChI is InChI=1S/C36H53N3SSi/c1-23-15-16-25-17-26(18-27(29(25)39-23)36(12,13)14)30-31-28(37-22-38-30)24(2)32(40-31)41(19-33(3,4)5,20-34(6,7)8)21-35(9,10)11/h15-18,22H,19-21H2,1-14H3. The maximum absolute atomic E-state index is 4.98. The zero-order chi connectivity index (χ0) is 30.8. The van der Waals surface area contributed by atoms with Crippen LogP contribution in [0.3, 0.4) is 0 Å². The van der Waals surface area contributed by atoms with Gasteiger partial charge in [-0.25, -0.2) is 9.97 Å². The fourth-order valence-electron chi connectivity index (χ4n) is 7.25. The van der Waals surface area contributed by atoms with Gasteiger partial charge in [-0.3, -0.25) is 4.98 Å². The van der Waals surface area contributed by atoms with Gasteiger partial charge in [-0.1, -0.05) is 89.2 Å². The molecule has 0 unspecified atom stereocenters. The smallest absolute Gasteiger partial charge is 0.116 e. The van der Waals surface area contributed by atoms with Gasteiger partial charge < -0.3 is 0 Å². The van der Waals surface area contributed by atoms with Gasteiger partial charge in [0.1, 0.15) is 14.4 Å². The van der Waals surface area contributed by atoms with E-state index >= 15 is 0 Å². The van der Waals surface area contributed by atoms with E-state index in [4.69, 9.17) is 15.0 Å². The highest BCUT2D eigenvalue weighted by molar-refractivity contribution is 7.32. The minimum Gasteiger partial charge on any atom is -0.253 e. The van der Waals surface area contributed by atoms with Crippen LogP contribution in [0.4, 0.5) is 0 Å². The lowest BCUT2D eigenvalue weighted by Gasteiger charge is -2.44. The van der Waals surface area contributed by atoms with Crippen molar-refractivity contribution in [2.45, 2.75) is 120 Å². The first-order valence-electron chi connectivity index (χ1n) is 15.3. The van der Waals surface area contributed by atoms with Gasteiger partial charge in [0.25, 0.3) is 0 Å². The lowest BCUT2D eigenvalue weighted by atomic mass is 9.84. The summed E-state index contributed by atoms with van der Waals surface area (Å²) in [6, 6.07) is 12.8. The number of aromatic nitrogens is 3. The van der Waals surface area contributed by atoms with Crippen LogP contribution in [0.1, 0.15) is 99.9 Å². The van der Waals surface area contributed by atoms with Crippen LogP contribution in [0.5, 0.6) is 0 Å². The van der Waals surface area contributed by atoms with Crippen LogP contribution in [0, 0.1) is 30.1 Å². The average molecular weight is 588 g/mol. The van der Waals surface area contributed by atoms with Crippen molar-refractivity contribution >= 4 is 45.0 Å². The first-order chi connectivity index (χ1) is 18.6. The topological polar surface area (TPSA) is 38.7 Å². The number of hydrogen-bond donors (Lipinski definition) is 0. The molecule has 3 nitrogen and oxygen atoms in total. The highest BCUT2D eigenvalue weighted by Gasteiger charge is 2.46. The molecule has 0 atom stereocenters. The number of nitrogens with zero attached hydrogens (tertiary/aromatic N) is 3. The van der Waals surface area contributed by atoms with Gasteiger partial charge in [-0.15, -0.1) is 11.3 Å². The van der Waals surface area contributed by atoms with Crippen molar-refractivity contribution in [3.8, 4) is 11.3 Å². The van der Waals surface area contributed by atoms with Crippen molar-refractivity contribution < 1.29 is 0 Å². The van der Waals surface area contributed by atoms with E-state index < -0.39 is 8.07 Å². The zero-order valence-electron chi connectivity index (χ0n) is 28.3. The summed E-state index contributed by atoms with van der Waals surface area (Å²) >= 11 is 2.02. The van der Waals surface area contributed by atoms with Crippen LogP contribution < -0.4 is 4.50 Å². The largest absolute Gasteiger partial charge is 0.253 e. The van der Waals surface area contributed by atoms with E-state index in [1.54, 1.807) is 10.8 Å². The van der Waals surface area contributed by atoms with Gasteiger partial charge in [0.15, 0.2) is 0 Å². The van der Waals surface area contributed by atoms with Gasteiger partial charge in [-0.2, -0.15) is 0 Å². The molecular formula is C36H53N3SSi. The van der Waals surface area contributed by atoms with Crippen molar-refractivity contribution in [1.82, 2.24) is 15.0 Å². The fraction of sp³-hybridized carbons (Fsp3) is 0.583.